The second-order valence-electron chi connectivity index (χ2n) is 3.70. The minimum absolute atomic E-state index is 0.136. The van der Waals surface area contributed by atoms with Gasteiger partial charge in [0, 0.05) is 18.9 Å². The van der Waals surface area contributed by atoms with E-state index in [1.807, 2.05) is 17.7 Å². The van der Waals surface area contributed by atoms with Gasteiger partial charge in [-0.3, -0.25) is 4.57 Å². The maximum atomic E-state index is 12.0. The van der Waals surface area contributed by atoms with Crippen molar-refractivity contribution in [1.82, 2.24) is 9.55 Å². The molecule has 0 aliphatic rings. The van der Waals surface area contributed by atoms with E-state index < -0.39 is 6.61 Å². The summed E-state index contributed by atoms with van der Waals surface area (Å²) >= 11 is 0. The van der Waals surface area contributed by atoms with Crippen LogP contribution in [0.1, 0.15) is 5.69 Å². The number of nitrogens with zero attached hydrogens (tertiary/aromatic N) is 2. The summed E-state index contributed by atoms with van der Waals surface area (Å²) in [6.07, 6.45) is 1.86. The van der Waals surface area contributed by atoms with Crippen LogP contribution in [-0.4, -0.2) is 23.2 Å². The SMILES string of the molecule is CNc1nc(C)cn1-c1ccc(OC(F)F)cc1. The zero-order valence-electron chi connectivity index (χ0n) is 10.0. The number of ether oxygens (including phenoxy) is 1. The van der Waals surface area contributed by atoms with E-state index in [-0.39, 0.29) is 5.75 Å². The van der Waals surface area contributed by atoms with Crippen LogP contribution in [0, 0.1) is 6.92 Å². The maximum Gasteiger partial charge on any atom is 0.387 e. The van der Waals surface area contributed by atoms with E-state index in [0.717, 1.165) is 11.4 Å². The molecule has 1 aromatic heterocycles. The van der Waals surface area contributed by atoms with Gasteiger partial charge >= 0.3 is 6.61 Å². The number of aromatic nitrogens is 2. The maximum absolute atomic E-state index is 12.0. The van der Waals surface area contributed by atoms with Gasteiger partial charge in [-0.15, -0.1) is 0 Å². The van der Waals surface area contributed by atoms with Crippen LogP contribution in [0.5, 0.6) is 5.75 Å². The number of imidazole rings is 1. The van der Waals surface area contributed by atoms with Crippen LogP contribution in [0.15, 0.2) is 30.5 Å². The summed E-state index contributed by atoms with van der Waals surface area (Å²) in [7, 11) is 1.77. The first kappa shape index (κ1) is 12.3. The van der Waals surface area contributed by atoms with Gasteiger partial charge in [0.1, 0.15) is 5.75 Å². The monoisotopic (exact) mass is 253 g/mol. The minimum Gasteiger partial charge on any atom is -0.435 e. The van der Waals surface area contributed by atoms with Gasteiger partial charge in [0.2, 0.25) is 5.95 Å². The molecule has 0 aliphatic carbocycles. The summed E-state index contributed by atoms with van der Waals surface area (Å²) in [6, 6.07) is 6.38. The lowest BCUT2D eigenvalue weighted by Gasteiger charge is -2.08. The Hall–Kier alpha value is -2.11. The highest BCUT2D eigenvalue weighted by Crippen LogP contribution is 2.20. The lowest BCUT2D eigenvalue weighted by molar-refractivity contribution is -0.0498. The van der Waals surface area contributed by atoms with Gasteiger partial charge in [0.25, 0.3) is 0 Å². The Labute approximate surface area is 103 Å². The number of benzene rings is 1. The summed E-state index contributed by atoms with van der Waals surface area (Å²) < 4.78 is 30.2. The van der Waals surface area contributed by atoms with Crippen LogP contribution in [0.2, 0.25) is 0 Å². The van der Waals surface area contributed by atoms with Crippen molar-refractivity contribution >= 4 is 5.95 Å². The average molecular weight is 253 g/mol. The summed E-state index contributed by atoms with van der Waals surface area (Å²) in [5.74, 6) is 0.826. The molecule has 0 saturated carbocycles. The molecule has 0 saturated heterocycles. The fourth-order valence-corrected chi connectivity index (χ4v) is 1.66. The van der Waals surface area contributed by atoms with Crippen LogP contribution >= 0.6 is 0 Å². The molecule has 0 amide bonds. The van der Waals surface area contributed by atoms with E-state index in [1.165, 1.54) is 12.1 Å². The highest BCUT2D eigenvalue weighted by molar-refractivity contribution is 5.44. The zero-order valence-corrected chi connectivity index (χ0v) is 10.0. The highest BCUT2D eigenvalue weighted by Gasteiger charge is 2.07. The van der Waals surface area contributed by atoms with Gasteiger partial charge in [-0.2, -0.15) is 8.78 Å². The van der Waals surface area contributed by atoms with Crippen LogP contribution in [0.4, 0.5) is 14.7 Å². The third-order valence-corrected chi connectivity index (χ3v) is 2.39. The predicted octanol–water partition coefficient (Wildman–Crippen LogP) is 2.82. The molecular formula is C12H13F2N3O. The molecule has 0 radical (unpaired) electrons. The molecule has 2 aromatic rings. The molecule has 6 heteroatoms. The van der Waals surface area contributed by atoms with Gasteiger partial charge in [0.15, 0.2) is 0 Å². The van der Waals surface area contributed by atoms with E-state index in [0.29, 0.717) is 5.95 Å². The Balaban J connectivity index is 2.28. The minimum atomic E-state index is -2.81. The lowest BCUT2D eigenvalue weighted by Crippen LogP contribution is -2.03. The van der Waals surface area contributed by atoms with Crippen molar-refractivity contribution in [2.45, 2.75) is 13.5 Å². The fourth-order valence-electron chi connectivity index (χ4n) is 1.66. The number of nitrogens with one attached hydrogen (secondary N) is 1. The number of aryl methyl sites for hydroxylation is 1. The fraction of sp³-hybridized carbons (Fsp3) is 0.250. The molecule has 0 unspecified atom stereocenters. The van der Waals surface area contributed by atoms with Crippen LogP contribution in [-0.2, 0) is 0 Å². The molecule has 0 atom stereocenters. The smallest absolute Gasteiger partial charge is 0.387 e. The highest BCUT2D eigenvalue weighted by atomic mass is 19.3. The van der Waals surface area contributed by atoms with Crippen molar-refractivity contribution in [2.75, 3.05) is 12.4 Å². The van der Waals surface area contributed by atoms with Gasteiger partial charge < -0.3 is 10.1 Å². The van der Waals surface area contributed by atoms with E-state index in [1.54, 1.807) is 19.2 Å². The van der Waals surface area contributed by atoms with E-state index >= 15 is 0 Å². The van der Waals surface area contributed by atoms with Crippen molar-refractivity contribution in [2.24, 2.45) is 0 Å². The predicted molar refractivity (Wildman–Crippen MR) is 64.5 cm³/mol. The van der Waals surface area contributed by atoms with Crippen molar-refractivity contribution < 1.29 is 13.5 Å². The topological polar surface area (TPSA) is 39.1 Å². The summed E-state index contributed by atoms with van der Waals surface area (Å²) in [4.78, 5) is 4.28. The Morgan fingerprint density at radius 1 is 1.28 bits per heavy atom. The van der Waals surface area contributed by atoms with E-state index in [4.69, 9.17) is 0 Å². The molecule has 0 spiro atoms. The standard InChI is InChI=1S/C12H13F2N3O/c1-8-7-17(12(15-2)16-8)9-3-5-10(6-4-9)18-11(13)14/h3-7,11H,1-2H3,(H,15,16). The average Bonchev–Trinajstić information content (AvgIpc) is 2.71. The first-order valence-electron chi connectivity index (χ1n) is 5.39. The number of rotatable bonds is 4. The first-order chi connectivity index (χ1) is 8.60. The molecular weight excluding hydrogens is 240 g/mol. The van der Waals surface area contributed by atoms with Crippen molar-refractivity contribution in [3.63, 3.8) is 0 Å². The molecule has 0 fully saturated rings. The van der Waals surface area contributed by atoms with Crippen LogP contribution in [0.25, 0.3) is 5.69 Å². The molecule has 2 rings (SSSR count). The normalized spacial score (nSPS) is 10.7. The number of anilines is 1. The molecule has 18 heavy (non-hydrogen) atoms. The number of hydrogen-bond donors (Lipinski definition) is 1. The Kier molecular flexibility index (Phi) is 3.45. The van der Waals surface area contributed by atoms with Crippen LogP contribution < -0.4 is 10.1 Å². The second kappa shape index (κ2) is 5.03. The Morgan fingerprint density at radius 2 is 1.94 bits per heavy atom. The Morgan fingerprint density at radius 3 is 2.50 bits per heavy atom. The van der Waals surface area contributed by atoms with Gasteiger partial charge in [-0.25, -0.2) is 4.98 Å². The van der Waals surface area contributed by atoms with Crippen molar-refractivity contribution in [3.05, 3.63) is 36.2 Å². The third-order valence-electron chi connectivity index (χ3n) is 2.39. The molecule has 4 nitrogen and oxygen atoms in total. The van der Waals surface area contributed by atoms with Gasteiger partial charge in [0.05, 0.1) is 5.69 Å². The lowest BCUT2D eigenvalue weighted by atomic mass is 10.3. The van der Waals surface area contributed by atoms with Crippen LogP contribution in [0.3, 0.4) is 0 Å². The molecule has 0 aliphatic heterocycles. The first-order valence-corrected chi connectivity index (χ1v) is 5.39. The summed E-state index contributed by atoms with van der Waals surface area (Å²) in [5.41, 5.74) is 1.69. The molecule has 1 heterocycles. The number of alkyl halides is 2. The third kappa shape index (κ3) is 2.58. The van der Waals surface area contributed by atoms with E-state index in [2.05, 4.69) is 15.0 Å². The zero-order chi connectivity index (χ0) is 13.1. The van der Waals surface area contributed by atoms with Gasteiger partial charge in [-0.05, 0) is 31.2 Å². The Bertz CT molecular complexity index is 523. The molecule has 0 bridgehead atoms. The summed E-state index contributed by atoms with van der Waals surface area (Å²) in [6.45, 7) is -0.926. The van der Waals surface area contributed by atoms with Crippen molar-refractivity contribution in [3.8, 4) is 11.4 Å². The molecule has 1 aromatic carbocycles. The number of halogens is 2. The van der Waals surface area contributed by atoms with Gasteiger partial charge in [-0.1, -0.05) is 0 Å². The van der Waals surface area contributed by atoms with E-state index in [9.17, 15) is 8.78 Å². The molecule has 96 valence electrons. The molecule has 1 N–H and O–H groups in total. The summed E-state index contributed by atoms with van der Waals surface area (Å²) in [5, 5.41) is 2.96. The number of hydrogen-bond acceptors (Lipinski definition) is 3. The largest absolute Gasteiger partial charge is 0.435 e. The van der Waals surface area contributed by atoms with Crippen molar-refractivity contribution in [1.29, 1.82) is 0 Å². The second-order valence-corrected chi connectivity index (χ2v) is 3.70. The quantitative estimate of drug-likeness (QED) is 0.910.